The molecule has 198 valence electrons. The largest absolute Gasteiger partial charge is 0.508 e. The van der Waals surface area contributed by atoms with Gasteiger partial charge in [0.05, 0.1) is 0 Å². The van der Waals surface area contributed by atoms with Crippen LogP contribution in [-0.4, -0.2) is 10.2 Å². The fourth-order valence-corrected chi connectivity index (χ4v) is 2.78. The predicted molar refractivity (Wildman–Crippen MR) is 160 cm³/mol. The number of aryl methyl sites for hydroxylation is 1. The number of aromatic hydroxyl groups is 2. The molecule has 1 unspecified atom stereocenters. The highest BCUT2D eigenvalue weighted by Crippen LogP contribution is 2.19. The van der Waals surface area contributed by atoms with Gasteiger partial charge in [-0.2, -0.15) is 0 Å². The number of hydrogen-bond donors (Lipinski definition) is 2. The van der Waals surface area contributed by atoms with Crippen LogP contribution >= 0.6 is 0 Å². The Labute approximate surface area is 218 Å². The first kappa shape index (κ1) is 36.8. The van der Waals surface area contributed by atoms with Crippen molar-refractivity contribution in [2.24, 2.45) is 5.92 Å². The van der Waals surface area contributed by atoms with Crippen LogP contribution in [0.3, 0.4) is 0 Å². The van der Waals surface area contributed by atoms with Crippen LogP contribution in [0.5, 0.6) is 11.5 Å². The molecule has 1 atom stereocenters. The molecule has 2 N–H and O–H groups in total. The van der Waals surface area contributed by atoms with E-state index in [-0.39, 0.29) is 11.5 Å². The normalized spacial score (nSPS) is 13.9. The molecular formula is C33H54O2. The minimum Gasteiger partial charge on any atom is -0.508 e. The Morgan fingerprint density at radius 3 is 1.89 bits per heavy atom. The van der Waals surface area contributed by atoms with Crippen LogP contribution in [0.15, 0.2) is 89.6 Å². The third-order valence-electron chi connectivity index (χ3n) is 4.77. The number of benzene rings is 1. The van der Waals surface area contributed by atoms with Crippen LogP contribution in [0.4, 0.5) is 0 Å². The fourth-order valence-electron chi connectivity index (χ4n) is 2.78. The molecule has 0 bridgehead atoms. The lowest BCUT2D eigenvalue weighted by molar-refractivity contribution is 0.450. The van der Waals surface area contributed by atoms with Crippen molar-refractivity contribution < 1.29 is 10.2 Å². The topological polar surface area (TPSA) is 40.5 Å². The highest BCUT2D eigenvalue weighted by Gasteiger charge is 1.98. The Morgan fingerprint density at radius 2 is 1.57 bits per heavy atom. The monoisotopic (exact) mass is 482 g/mol. The molecule has 0 saturated heterocycles. The van der Waals surface area contributed by atoms with Crippen molar-refractivity contribution in [3.8, 4) is 11.5 Å². The van der Waals surface area contributed by atoms with Gasteiger partial charge in [-0.1, -0.05) is 102 Å². The Kier molecular flexibility index (Phi) is 25.7. The second-order valence-corrected chi connectivity index (χ2v) is 8.13. The van der Waals surface area contributed by atoms with Gasteiger partial charge < -0.3 is 10.2 Å². The maximum atomic E-state index is 8.83. The second kappa shape index (κ2) is 24.4. The summed E-state index contributed by atoms with van der Waals surface area (Å²) in [5.41, 5.74) is 6.31. The van der Waals surface area contributed by atoms with Gasteiger partial charge in [-0.05, 0) is 88.6 Å². The highest BCUT2D eigenvalue weighted by molar-refractivity contribution is 5.35. The van der Waals surface area contributed by atoms with Gasteiger partial charge in [-0.3, -0.25) is 0 Å². The zero-order chi connectivity index (χ0) is 27.8. The van der Waals surface area contributed by atoms with Crippen molar-refractivity contribution in [2.75, 3.05) is 0 Å². The molecule has 0 aliphatic heterocycles. The number of phenolic OH excluding ortho intramolecular Hbond substituents is 2. The van der Waals surface area contributed by atoms with Crippen LogP contribution < -0.4 is 0 Å². The van der Waals surface area contributed by atoms with Gasteiger partial charge in [0.1, 0.15) is 11.5 Å². The van der Waals surface area contributed by atoms with E-state index in [4.69, 9.17) is 10.2 Å². The fraction of sp³-hybridized carbons (Fsp3) is 0.455. The minimum atomic E-state index is 0.104. The Morgan fingerprint density at radius 1 is 1.03 bits per heavy atom. The summed E-state index contributed by atoms with van der Waals surface area (Å²) in [6.07, 6.45) is 18.6. The van der Waals surface area contributed by atoms with E-state index in [2.05, 4.69) is 84.6 Å². The number of rotatable bonds is 5. The molecule has 1 aliphatic rings. The van der Waals surface area contributed by atoms with Crippen LogP contribution in [-0.2, 0) is 0 Å². The number of phenols is 2. The standard InChI is InChI=1S/C14H22.C8H12.C7H8O2.2C2H6/c1-6-9-10-13(7-2)11-14(8-3)12(4)5;1-7-3-5-8(2)6-4-7;1-5-2-6(8)4-7(9)3-5;2*1-2/h7-10H,3,6,11H2,1-2,4-5H3;3-5,8H,6H2,1-2H3;2-4,8-9H,1H3;2*1-2H3/b10-9-,13-7+;;;;. The maximum Gasteiger partial charge on any atom is 0.119 e. The van der Waals surface area contributed by atoms with Gasteiger partial charge in [0.2, 0.25) is 0 Å². The molecule has 0 radical (unpaired) electrons. The zero-order valence-corrected chi connectivity index (χ0v) is 24.6. The third-order valence-corrected chi connectivity index (χ3v) is 4.77. The molecule has 0 saturated carbocycles. The van der Waals surface area contributed by atoms with E-state index in [1.165, 1.54) is 34.8 Å². The molecule has 1 aliphatic carbocycles. The lowest BCUT2D eigenvalue weighted by atomic mass is 10.00. The summed E-state index contributed by atoms with van der Waals surface area (Å²) < 4.78 is 0. The third kappa shape index (κ3) is 21.5. The molecule has 2 rings (SSSR count). The second-order valence-electron chi connectivity index (χ2n) is 8.13. The van der Waals surface area contributed by atoms with Crippen LogP contribution in [0, 0.1) is 12.8 Å². The molecule has 35 heavy (non-hydrogen) atoms. The van der Waals surface area contributed by atoms with E-state index >= 15 is 0 Å². The van der Waals surface area contributed by atoms with Gasteiger partial charge in [-0.15, -0.1) is 0 Å². The summed E-state index contributed by atoms with van der Waals surface area (Å²) in [6.45, 7) is 26.5. The molecule has 0 amide bonds. The lowest BCUT2D eigenvalue weighted by Crippen LogP contribution is -1.91. The number of allylic oxidation sites excluding steroid dienone is 11. The lowest BCUT2D eigenvalue weighted by Gasteiger charge is -2.06. The van der Waals surface area contributed by atoms with Crippen molar-refractivity contribution in [1.82, 2.24) is 0 Å². The molecule has 0 spiro atoms. The first-order valence-electron chi connectivity index (χ1n) is 13.1. The van der Waals surface area contributed by atoms with Crippen molar-refractivity contribution in [3.05, 3.63) is 95.2 Å². The maximum absolute atomic E-state index is 8.83. The van der Waals surface area contributed by atoms with Crippen molar-refractivity contribution in [1.29, 1.82) is 0 Å². The van der Waals surface area contributed by atoms with Crippen LogP contribution in [0.25, 0.3) is 0 Å². The molecule has 1 aromatic carbocycles. The highest BCUT2D eigenvalue weighted by atomic mass is 16.3. The van der Waals surface area contributed by atoms with E-state index < -0.39 is 0 Å². The average Bonchev–Trinajstić information content (AvgIpc) is 2.83. The van der Waals surface area contributed by atoms with Gasteiger partial charge in [0.25, 0.3) is 0 Å². The number of hydrogen-bond acceptors (Lipinski definition) is 2. The summed E-state index contributed by atoms with van der Waals surface area (Å²) in [7, 11) is 0. The van der Waals surface area contributed by atoms with E-state index in [1.54, 1.807) is 19.1 Å². The van der Waals surface area contributed by atoms with Crippen molar-refractivity contribution in [2.45, 2.75) is 95.4 Å². The Bertz CT molecular complexity index is 778. The average molecular weight is 483 g/mol. The summed E-state index contributed by atoms with van der Waals surface area (Å²) in [5.74, 6) is 0.971. The minimum absolute atomic E-state index is 0.104. The Hall–Kier alpha value is -2.74. The molecule has 1 aromatic rings. The van der Waals surface area contributed by atoms with Crippen molar-refractivity contribution >= 4 is 0 Å². The van der Waals surface area contributed by atoms with Gasteiger partial charge in [0.15, 0.2) is 0 Å². The van der Waals surface area contributed by atoms with Crippen LogP contribution in [0.2, 0.25) is 0 Å². The molecule has 2 nitrogen and oxygen atoms in total. The summed E-state index contributed by atoms with van der Waals surface area (Å²) in [5, 5.41) is 17.7. The first-order valence-corrected chi connectivity index (χ1v) is 13.1. The predicted octanol–water partition coefficient (Wildman–Crippen LogP) is 10.8. The molecular weight excluding hydrogens is 428 g/mol. The molecule has 2 heteroatoms. The Balaban J connectivity index is -0.000000423. The summed E-state index contributed by atoms with van der Waals surface area (Å²) >= 11 is 0. The van der Waals surface area contributed by atoms with Gasteiger partial charge in [-0.25, -0.2) is 0 Å². The molecule has 0 aromatic heterocycles. The summed E-state index contributed by atoms with van der Waals surface area (Å²) in [4.78, 5) is 0. The van der Waals surface area contributed by atoms with Crippen LogP contribution in [0.1, 0.15) is 94.1 Å². The van der Waals surface area contributed by atoms with Gasteiger partial charge >= 0.3 is 0 Å². The van der Waals surface area contributed by atoms with E-state index in [1.807, 2.05) is 33.8 Å². The zero-order valence-electron chi connectivity index (χ0n) is 24.6. The molecule has 0 fully saturated rings. The summed E-state index contributed by atoms with van der Waals surface area (Å²) in [6, 6.07) is 4.46. The van der Waals surface area contributed by atoms with Crippen molar-refractivity contribution in [3.63, 3.8) is 0 Å². The van der Waals surface area contributed by atoms with Gasteiger partial charge in [0, 0.05) is 6.07 Å². The van der Waals surface area contributed by atoms with E-state index in [0.29, 0.717) is 0 Å². The SMILES string of the molecule is C=CC(CC(/C=C\CC)=C/C)=C(C)C.CC.CC.CC1=CCC(C)C=C1.Cc1cc(O)cc(O)c1. The quantitative estimate of drug-likeness (QED) is 0.410. The van der Waals surface area contributed by atoms with E-state index in [9.17, 15) is 0 Å². The smallest absolute Gasteiger partial charge is 0.119 e. The first-order chi connectivity index (χ1) is 16.6. The van der Waals surface area contributed by atoms with E-state index in [0.717, 1.165) is 24.3 Å². The molecule has 0 heterocycles.